The lowest BCUT2D eigenvalue weighted by Gasteiger charge is -2.10. The van der Waals surface area contributed by atoms with E-state index >= 15 is 0 Å². The first-order valence-corrected chi connectivity index (χ1v) is 9.55. The summed E-state index contributed by atoms with van der Waals surface area (Å²) in [5.41, 5.74) is 2.92. The first kappa shape index (κ1) is 19.7. The van der Waals surface area contributed by atoms with Gasteiger partial charge in [0, 0.05) is 6.54 Å². The third-order valence-electron chi connectivity index (χ3n) is 3.99. The molecule has 8 nitrogen and oxygen atoms in total. The lowest BCUT2D eigenvalue weighted by molar-refractivity contribution is -0.118. The van der Waals surface area contributed by atoms with Crippen LogP contribution in [0.4, 0.5) is 0 Å². The highest BCUT2D eigenvalue weighted by Gasteiger charge is 2.12. The SMILES string of the molecule is COc1ccc(CNC(=O)CSc2nnnn2-c2ccc(C)cc2)cc1OC. The molecule has 0 aliphatic heterocycles. The van der Waals surface area contributed by atoms with Crippen LogP contribution in [0.25, 0.3) is 5.69 Å². The lowest BCUT2D eigenvalue weighted by Crippen LogP contribution is -2.24. The number of nitrogens with zero attached hydrogens (tertiary/aromatic N) is 4. The normalized spacial score (nSPS) is 10.5. The van der Waals surface area contributed by atoms with Crippen LogP contribution in [0.15, 0.2) is 47.6 Å². The summed E-state index contributed by atoms with van der Waals surface area (Å²) in [6.07, 6.45) is 0. The number of amides is 1. The number of carbonyl (C=O) groups is 1. The molecule has 1 aromatic heterocycles. The molecular formula is C19H21N5O3S. The number of thioether (sulfide) groups is 1. The van der Waals surface area contributed by atoms with Gasteiger partial charge in [-0.15, -0.1) is 5.10 Å². The van der Waals surface area contributed by atoms with E-state index in [4.69, 9.17) is 9.47 Å². The molecule has 0 atom stereocenters. The molecule has 0 saturated carbocycles. The standard InChI is InChI=1S/C19H21N5O3S/c1-13-4-7-15(8-5-13)24-19(21-22-23-24)28-12-18(25)20-11-14-6-9-16(26-2)17(10-14)27-3/h4-10H,11-12H2,1-3H3,(H,20,25). The van der Waals surface area contributed by atoms with Gasteiger partial charge in [0.2, 0.25) is 11.1 Å². The number of rotatable bonds is 8. The summed E-state index contributed by atoms with van der Waals surface area (Å²) in [4.78, 5) is 12.2. The molecule has 0 saturated heterocycles. The largest absolute Gasteiger partial charge is 0.493 e. The number of methoxy groups -OCH3 is 2. The summed E-state index contributed by atoms with van der Waals surface area (Å²) >= 11 is 1.28. The van der Waals surface area contributed by atoms with Gasteiger partial charge in [0.15, 0.2) is 11.5 Å². The van der Waals surface area contributed by atoms with Crippen molar-refractivity contribution in [2.45, 2.75) is 18.6 Å². The maximum Gasteiger partial charge on any atom is 0.230 e. The van der Waals surface area contributed by atoms with Crippen LogP contribution in [0.3, 0.4) is 0 Å². The van der Waals surface area contributed by atoms with Crippen LogP contribution in [0.1, 0.15) is 11.1 Å². The van der Waals surface area contributed by atoms with E-state index < -0.39 is 0 Å². The average molecular weight is 399 g/mol. The highest BCUT2D eigenvalue weighted by Crippen LogP contribution is 2.27. The van der Waals surface area contributed by atoms with Crippen molar-refractivity contribution in [3.8, 4) is 17.2 Å². The van der Waals surface area contributed by atoms with Gasteiger partial charge in [0.1, 0.15) is 0 Å². The van der Waals surface area contributed by atoms with E-state index in [1.165, 1.54) is 11.8 Å². The first-order valence-electron chi connectivity index (χ1n) is 8.56. The summed E-state index contributed by atoms with van der Waals surface area (Å²) in [6.45, 7) is 2.41. The zero-order valence-electron chi connectivity index (χ0n) is 15.9. The Kier molecular flexibility index (Phi) is 6.49. The van der Waals surface area contributed by atoms with E-state index in [0.717, 1.165) is 16.8 Å². The second kappa shape index (κ2) is 9.23. The number of aromatic nitrogens is 4. The third kappa shape index (κ3) is 4.80. The minimum Gasteiger partial charge on any atom is -0.493 e. The molecule has 146 valence electrons. The van der Waals surface area contributed by atoms with Crippen molar-refractivity contribution in [1.29, 1.82) is 0 Å². The van der Waals surface area contributed by atoms with E-state index in [0.29, 0.717) is 23.2 Å². The average Bonchev–Trinajstić information content (AvgIpc) is 3.19. The van der Waals surface area contributed by atoms with Gasteiger partial charge in [-0.25, -0.2) is 0 Å². The second-order valence-corrected chi connectivity index (χ2v) is 6.91. The molecule has 1 heterocycles. The Balaban J connectivity index is 1.56. The van der Waals surface area contributed by atoms with E-state index in [1.807, 2.05) is 49.4 Å². The number of carbonyl (C=O) groups excluding carboxylic acids is 1. The number of hydrogen-bond donors (Lipinski definition) is 1. The summed E-state index contributed by atoms with van der Waals surface area (Å²) in [6, 6.07) is 13.4. The van der Waals surface area contributed by atoms with Crippen molar-refractivity contribution in [3.63, 3.8) is 0 Å². The van der Waals surface area contributed by atoms with Gasteiger partial charge >= 0.3 is 0 Å². The molecule has 0 aliphatic carbocycles. The van der Waals surface area contributed by atoms with Crippen molar-refractivity contribution in [1.82, 2.24) is 25.5 Å². The van der Waals surface area contributed by atoms with Crippen molar-refractivity contribution in [3.05, 3.63) is 53.6 Å². The van der Waals surface area contributed by atoms with Crippen molar-refractivity contribution < 1.29 is 14.3 Å². The molecule has 0 radical (unpaired) electrons. The highest BCUT2D eigenvalue weighted by molar-refractivity contribution is 7.99. The van der Waals surface area contributed by atoms with Crippen molar-refractivity contribution >= 4 is 17.7 Å². The molecule has 9 heteroatoms. The molecular weight excluding hydrogens is 378 g/mol. The Hall–Kier alpha value is -3.07. The van der Waals surface area contributed by atoms with E-state index in [9.17, 15) is 4.79 Å². The van der Waals surface area contributed by atoms with Gasteiger partial charge in [-0.3, -0.25) is 4.79 Å². The van der Waals surface area contributed by atoms with E-state index in [2.05, 4.69) is 20.8 Å². The van der Waals surface area contributed by atoms with Crippen molar-refractivity contribution in [2.75, 3.05) is 20.0 Å². The molecule has 0 bridgehead atoms. The summed E-state index contributed by atoms with van der Waals surface area (Å²) < 4.78 is 12.1. The number of ether oxygens (including phenoxy) is 2. The number of tetrazole rings is 1. The van der Waals surface area contributed by atoms with E-state index in [1.54, 1.807) is 18.9 Å². The Labute approximate surface area is 167 Å². The fourth-order valence-electron chi connectivity index (χ4n) is 2.49. The topological polar surface area (TPSA) is 91.2 Å². The first-order chi connectivity index (χ1) is 13.6. The molecule has 0 unspecified atom stereocenters. The summed E-state index contributed by atoms with van der Waals surface area (Å²) in [5.74, 6) is 1.37. The monoisotopic (exact) mass is 399 g/mol. The fraction of sp³-hybridized carbons (Fsp3) is 0.263. The molecule has 3 aromatic rings. The third-order valence-corrected chi connectivity index (χ3v) is 4.91. The molecule has 2 aromatic carbocycles. The van der Waals surface area contributed by atoms with Gasteiger partial charge < -0.3 is 14.8 Å². The van der Waals surface area contributed by atoms with Crippen LogP contribution >= 0.6 is 11.8 Å². The van der Waals surface area contributed by atoms with Crippen LogP contribution in [0.5, 0.6) is 11.5 Å². The van der Waals surface area contributed by atoms with Gasteiger partial charge in [0.25, 0.3) is 0 Å². The number of aryl methyl sites for hydroxylation is 1. The van der Waals surface area contributed by atoms with Crippen molar-refractivity contribution in [2.24, 2.45) is 0 Å². The van der Waals surface area contributed by atoms with Gasteiger partial charge in [0.05, 0.1) is 25.7 Å². The maximum absolute atomic E-state index is 12.2. The molecule has 0 spiro atoms. The molecule has 0 fully saturated rings. The van der Waals surface area contributed by atoms with Gasteiger partial charge in [-0.2, -0.15) is 4.68 Å². The molecule has 0 aliphatic rings. The maximum atomic E-state index is 12.2. The highest BCUT2D eigenvalue weighted by atomic mass is 32.2. The number of benzene rings is 2. The summed E-state index contributed by atoms with van der Waals surface area (Å²) in [5, 5.41) is 15.2. The van der Waals surface area contributed by atoms with Crippen LogP contribution in [-0.2, 0) is 11.3 Å². The van der Waals surface area contributed by atoms with Crippen LogP contribution in [0, 0.1) is 6.92 Å². The quantitative estimate of drug-likeness (QED) is 0.582. The fourth-order valence-corrected chi connectivity index (χ4v) is 3.21. The summed E-state index contributed by atoms with van der Waals surface area (Å²) in [7, 11) is 3.16. The molecule has 1 amide bonds. The molecule has 3 rings (SSSR count). The van der Waals surface area contributed by atoms with Gasteiger partial charge in [-0.05, 0) is 47.2 Å². The minimum absolute atomic E-state index is 0.113. The Morgan fingerprint density at radius 2 is 1.86 bits per heavy atom. The lowest BCUT2D eigenvalue weighted by atomic mass is 10.2. The van der Waals surface area contributed by atoms with Crippen LogP contribution in [0.2, 0.25) is 0 Å². The van der Waals surface area contributed by atoms with Crippen LogP contribution < -0.4 is 14.8 Å². The molecule has 28 heavy (non-hydrogen) atoms. The Morgan fingerprint density at radius 1 is 1.11 bits per heavy atom. The second-order valence-electron chi connectivity index (χ2n) is 5.96. The number of nitrogens with one attached hydrogen (secondary N) is 1. The van der Waals surface area contributed by atoms with E-state index in [-0.39, 0.29) is 11.7 Å². The van der Waals surface area contributed by atoms with Gasteiger partial charge in [-0.1, -0.05) is 35.5 Å². The predicted molar refractivity (Wildman–Crippen MR) is 106 cm³/mol. The zero-order chi connectivity index (χ0) is 19.9. The van der Waals surface area contributed by atoms with Crippen LogP contribution in [-0.4, -0.2) is 46.1 Å². The number of hydrogen-bond acceptors (Lipinski definition) is 7. The Bertz CT molecular complexity index is 943. The zero-order valence-corrected chi connectivity index (χ0v) is 16.7. The minimum atomic E-state index is -0.113. The Morgan fingerprint density at radius 3 is 2.57 bits per heavy atom. The predicted octanol–water partition coefficient (Wildman–Crippen LogP) is 2.40. The molecule has 1 N–H and O–H groups in total. The smallest absolute Gasteiger partial charge is 0.230 e.